The maximum absolute atomic E-state index is 14.7. The molecule has 1 unspecified atom stereocenters. The lowest BCUT2D eigenvalue weighted by atomic mass is 9.80. The van der Waals surface area contributed by atoms with E-state index >= 15 is 0 Å². The molecule has 5 heteroatoms. The fourth-order valence-electron chi connectivity index (χ4n) is 5.49. The topological polar surface area (TPSA) is 74.7 Å². The van der Waals surface area contributed by atoms with Crippen LogP contribution in [0.4, 0.5) is 5.69 Å². The van der Waals surface area contributed by atoms with Gasteiger partial charge in [-0.1, -0.05) is 139 Å². The van der Waals surface area contributed by atoms with Gasteiger partial charge in [0.05, 0.1) is 5.57 Å². The summed E-state index contributed by atoms with van der Waals surface area (Å²) in [5.41, 5.74) is 0.555. The van der Waals surface area contributed by atoms with Gasteiger partial charge in [0, 0.05) is 33.5 Å². The Labute approximate surface area is 256 Å². The van der Waals surface area contributed by atoms with Crippen molar-refractivity contribution in [3.63, 3.8) is 0 Å². The van der Waals surface area contributed by atoms with E-state index in [4.69, 9.17) is 0 Å². The molecule has 0 fully saturated rings. The Hall–Kier alpha value is -5.65. The first-order valence-corrected chi connectivity index (χ1v) is 14.3. The summed E-state index contributed by atoms with van der Waals surface area (Å²) in [5, 5.41) is 12.8. The van der Waals surface area contributed by atoms with Gasteiger partial charge in [0.15, 0.2) is 17.3 Å². The summed E-state index contributed by atoms with van der Waals surface area (Å²) in [5.74, 6) is -1.50. The molecular formula is C39H29NO4. The number of hydrogen-bond acceptors (Lipinski definition) is 5. The summed E-state index contributed by atoms with van der Waals surface area (Å²) in [4.78, 5) is 45.1. The molecule has 1 heterocycles. The molecule has 0 saturated heterocycles. The third-order valence-corrected chi connectivity index (χ3v) is 7.70. The van der Waals surface area contributed by atoms with Crippen LogP contribution in [0.1, 0.15) is 42.2 Å². The first-order chi connectivity index (χ1) is 21.4. The number of benzene rings is 5. The molecule has 6 rings (SSSR count). The molecule has 0 aliphatic carbocycles. The number of aliphatic hydroxyl groups is 1. The number of rotatable bonds is 8. The summed E-state index contributed by atoms with van der Waals surface area (Å²) in [6, 6.07) is 41.9. The Kier molecular flexibility index (Phi) is 7.71. The zero-order chi connectivity index (χ0) is 30.7. The highest BCUT2D eigenvalue weighted by atomic mass is 16.3. The standard InChI is InChI=1S/C39H29NO4/c1-27-22-24-32(25-23-27)40-35(38(43)30-18-10-4-11-19-30)34(37(42)29-16-8-3-9-17-29)33(36(41)28-14-6-2-7-15-28)26-39(40,44)31-20-12-5-13-21-31/h2-26,44H,1H3. The van der Waals surface area contributed by atoms with Gasteiger partial charge >= 0.3 is 0 Å². The molecule has 0 spiro atoms. The predicted molar refractivity (Wildman–Crippen MR) is 171 cm³/mol. The van der Waals surface area contributed by atoms with Gasteiger partial charge in [0.25, 0.3) is 0 Å². The Bertz CT molecular complexity index is 1900. The van der Waals surface area contributed by atoms with Crippen LogP contribution in [-0.4, -0.2) is 22.5 Å². The molecule has 1 aliphatic heterocycles. The minimum atomic E-state index is -2.02. The maximum Gasteiger partial charge on any atom is 0.210 e. The lowest BCUT2D eigenvalue weighted by Gasteiger charge is -2.44. The molecule has 0 radical (unpaired) electrons. The van der Waals surface area contributed by atoms with E-state index in [1.807, 2.05) is 25.1 Å². The molecule has 0 saturated carbocycles. The van der Waals surface area contributed by atoms with Crippen LogP contribution in [0.3, 0.4) is 0 Å². The minimum absolute atomic E-state index is 0.0564. The largest absolute Gasteiger partial charge is 0.363 e. The van der Waals surface area contributed by atoms with Gasteiger partial charge in [-0.05, 0) is 25.1 Å². The summed E-state index contributed by atoms with van der Waals surface area (Å²) in [7, 11) is 0. The molecule has 0 bridgehead atoms. The van der Waals surface area contributed by atoms with Crippen LogP contribution in [0.5, 0.6) is 0 Å². The van der Waals surface area contributed by atoms with Gasteiger partial charge in [-0.2, -0.15) is 0 Å². The third kappa shape index (κ3) is 5.21. The van der Waals surface area contributed by atoms with Crippen molar-refractivity contribution in [2.75, 3.05) is 4.90 Å². The average molecular weight is 576 g/mol. The Morgan fingerprint density at radius 2 is 0.977 bits per heavy atom. The first kappa shape index (κ1) is 28.5. The SMILES string of the molecule is Cc1ccc(N2C(C(=O)c3ccccc3)=C(C(=O)c3ccccc3)C(C(=O)c3ccccc3)=CC2(O)c2ccccc2)cc1. The second-order valence-corrected chi connectivity index (χ2v) is 10.6. The molecular weight excluding hydrogens is 546 g/mol. The average Bonchev–Trinajstić information content (AvgIpc) is 3.09. The van der Waals surface area contributed by atoms with Gasteiger partial charge < -0.3 is 10.0 Å². The highest BCUT2D eigenvalue weighted by Gasteiger charge is 2.47. The van der Waals surface area contributed by atoms with E-state index in [2.05, 4.69) is 0 Å². The van der Waals surface area contributed by atoms with Crippen molar-refractivity contribution >= 4 is 23.0 Å². The number of nitrogens with zero attached hydrogens (tertiary/aromatic N) is 1. The van der Waals surface area contributed by atoms with Crippen LogP contribution in [-0.2, 0) is 5.72 Å². The van der Waals surface area contributed by atoms with Crippen molar-refractivity contribution in [1.82, 2.24) is 0 Å². The van der Waals surface area contributed by atoms with Crippen LogP contribution in [0.25, 0.3) is 0 Å². The van der Waals surface area contributed by atoms with E-state index in [0.29, 0.717) is 27.9 Å². The van der Waals surface area contributed by atoms with Crippen LogP contribution < -0.4 is 4.90 Å². The fourth-order valence-corrected chi connectivity index (χ4v) is 5.49. The Balaban J connectivity index is 1.74. The quantitative estimate of drug-likeness (QED) is 0.194. The van der Waals surface area contributed by atoms with Crippen LogP contribution in [0, 0.1) is 6.92 Å². The summed E-state index contributed by atoms with van der Waals surface area (Å²) < 4.78 is 0. The highest BCUT2D eigenvalue weighted by Crippen LogP contribution is 2.45. The van der Waals surface area contributed by atoms with Crippen molar-refractivity contribution in [3.8, 4) is 0 Å². The van der Waals surface area contributed by atoms with E-state index in [9.17, 15) is 19.5 Å². The molecule has 5 nitrogen and oxygen atoms in total. The van der Waals surface area contributed by atoms with E-state index in [1.165, 1.54) is 11.0 Å². The van der Waals surface area contributed by atoms with E-state index in [0.717, 1.165) is 5.56 Å². The molecule has 0 aromatic heterocycles. The maximum atomic E-state index is 14.7. The van der Waals surface area contributed by atoms with Crippen LogP contribution >= 0.6 is 0 Å². The number of hydrogen-bond donors (Lipinski definition) is 1. The summed E-state index contributed by atoms with van der Waals surface area (Å²) in [6.45, 7) is 1.94. The molecule has 1 aliphatic rings. The minimum Gasteiger partial charge on any atom is -0.363 e. The summed E-state index contributed by atoms with van der Waals surface area (Å²) in [6.07, 6.45) is 1.41. The Morgan fingerprint density at radius 3 is 1.48 bits per heavy atom. The van der Waals surface area contributed by atoms with Crippen molar-refractivity contribution in [2.24, 2.45) is 0 Å². The van der Waals surface area contributed by atoms with E-state index < -0.39 is 23.1 Å². The normalized spacial score (nSPS) is 16.3. The number of aryl methyl sites for hydroxylation is 1. The highest BCUT2D eigenvalue weighted by molar-refractivity contribution is 6.28. The van der Waals surface area contributed by atoms with Crippen LogP contribution in [0.2, 0.25) is 0 Å². The van der Waals surface area contributed by atoms with Crippen molar-refractivity contribution in [1.29, 1.82) is 0 Å². The third-order valence-electron chi connectivity index (χ3n) is 7.70. The van der Waals surface area contributed by atoms with Crippen LogP contribution in [0.15, 0.2) is 169 Å². The van der Waals surface area contributed by atoms with E-state index in [-0.39, 0.29) is 16.8 Å². The number of anilines is 1. The van der Waals surface area contributed by atoms with Crippen molar-refractivity contribution in [3.05, 3.63) is 196 Å². The number of carbonyl (C=O) groups is 3. The molecule has 5 aromatic carbocycles. The van der Waals surface area contributed by atoms with Crippen molar-refractivity contribution in [2.45, 2.75) is 12.6 Å². The van der Waals surface area contributed by atoms with E-state index in [1.54, 1.807) is 127 Å². The van der Waals surface area contributed by atoms with Gasteiger partial charge in [-0.3, -0.25) is 14.4 Å². The van der Waals surface area contributed by atoms with Gasteiger partial charge in [0.1, 0.15) is 5.70 Å². The second kappa shape index (κ2) is 11.9. The first-order valence-electron chi connectivity index (χ1n) is 14.3. The van der Waals surface area contributed by atoms with Gasteiger partial charge in [-0.25, -0.2) is 0 Å². The van der Waals surface area contributed by atoms with Gasteiger partial charge in [0.2, 0.25) is 5.78 Å². The monoisotopic (exact) mass is 575 g/mol. The fraction of sp³-hybridized carbons (Fsp3) is 0.0513. The smallest absolute Gasteiger partial charge is 0.210 e. The lowest BCUT2D eigenvalue weighted by molar-refractivity contribution is 0.0790. The molecule has 0 amide bonds. The lowest BCUT2D eigenvalue weighted by Crippen LogP contribution is -2.50. The molecule has 1 atom stereocenters. The van der Waals surface area contributed by atoms with Gasteiger partial charge in [-0.15, -0.1) is 0 Å². The molecule has 1 N–H and O–H groups in total. The zero-order valence-corrected chi connectivity index (χ0v) is 24.1. The molecule has 5 aromatic rings. The zero-order valence-electron chi connectivity index (χ0n) is 24.1. The number of Topliss-reactive ketones (excluding diaryl/α,β-unsaturated/α-hetero) is 3. The number of carbonyl (C=O) groups excluding carboxylic acids is 3. The molecule has 44 heavy (non-hydrogen) atoms. The Morgan fingerprint density at radius 1 is 0.545 bits per heavy atom. The summed E-state index contributed by atoms with van der Waals surface area (Å²) >= 11 is 0. The predicted octanol–water partition coefficient (Wildman–Crippen LogP) is 7.49. The number of ketones is 3. The second-order valence-electron chi connectivity index (χ2n) is 10.6. The number of allylic oxidation sites excluding steroid dienone is 3. The van der Waals surface area contributed by atoms with Crippen molar-refractivity contribution < 1.29 is 19.5 Å². The molecule has 214 valence electrons.